The molecule has 0 spiro atoms. The van der Waals surface area contributed by atoms with Crippen molar-refractivity contribution in [2.75, 3.05) is 6.54 Å². The van der Waals surface area contributed by atoms with Gasteiger partial charge in [-0.2, -0.15) is 0 Å². The largest absolute Gasteiger partial charge is 0.326 e. The van der Waals surface area contributed by atoms with E-state index in [9.17, 15) is 14.4 Å². The van der Waals surface area contributed by atoms with Gasteiger partial charge in [-0.3, -0.25) is 9.69 Å². The summed E-state index contributed by atoms with van der Waals surface area (Å²) in [5, 5.41) is 2.59. The average Bonchev–Trinajstić information content (AvgIpc) is 2.41. The summed E-state index contributed by atoms with van der Waals surface area (Å²) in [4.78, 5) is 34.0. The van der Waals surface area contributed by atoms with E-state index in [0.29, 0.717) is 12.7 Å². The minimum atomic E-state index is -0.390. The molecular formula is C9H14N2O3. The van der Waals surface area contributed by atoms with Gasteiger partial charge in [-0.05, 0) is 6.42 Å². The van der Waals surface area contributed by atoms with Crippen molar-refractivity contribution in [3.63, 3.8) is 0 Å². The van der Waals surface area contributed by atoms with Crippen LogP contribution in [0.15, 0.2) is 0 Å². The first-order chi connectivity index (χ1) is 6.70. The van der Waals surface area contributed by atoms with Crippen LogP contribution in [0.4, 0.5) is 4.79 Å². The van der Waals surface area contributed by atoms with E-state index in [0.717, 1.165) is 11.3 Å². The average molecular weight is 198 g/mol. The monoisotopic (exact) mass is 198 g/mol. The maximum absolute atomic E-state index is 11.5. The predicted molar refractivity (Wildman–Crippen MR) is 49.6 cm³/mol. The lowest BCUT2D eigenvalue weighted by atomic mass is 10.2. The molecule has 0 radical (unpaired) electrons. The van der Waals surface area contributed by atoms with E-state index in [-0.39, 0.29) is 30.9 Å². The Morgan fingerprint density at radius 2 is 2.21 bits per heavy atom. The molecule has 14 heavy (non-hydrogen) atoms. The lowest BCUT2D eigenvalue weighted by Gasteiger charge is -2.10. The van der Waals surface area contributed by atoms with Crippen LogP contribution in [0.5, 0.6) is 0 Å². The van der Waals surface area contributed by atoms with E-state index in [2.05, 4.69) is 5.32 Å². The van der Waals surface area contributed by atoms with Gasteiger partial charge in [-0.25, -0.2) is 4.79 Å². The molecule has 0 aromatic rings. The van der Waals surface area contributed by atoms with Crippen molar-refractivity contribution in [1.29, 1.82) is 0 Å². The van der Waals surface area contributed by atoms with Crippen LogP contribution in [0.3, 0.4) is 0 Å². The molecule has 1 unspecified atom stereocenters. The first-order valence-electron chi connectivity index (χ1n) is 4.76. The summed E-state index contributed by atoms with van der Waals surface area (Å²) in [5.41, 5.74) is 0. The number of hydrogen-bond donors (Lipinski definition) is 1. The molecule has 1 N–H and O–H groups in total. The van der Waals surface area contributed by atoms with Crippen molar-refractivity contribution in [3.05, 3.63) is 0 Å². The van der Waals surface area contributed by atoms with Gasteiger partial charge in [-0.15, -0.1) is 0 Å². The zero-order valence-corrected chi connectivity index (χ0v) is 8.16. The Hall–Kier alpha value is -1.39. The Morgan fingerprint density at radius 3 is 2.79 bits per heavy atom. The van der Waals surface area contributed by atoms with Gasteiger partial charge < -0.3 is 10.1 Å². The molecule has 1 fully saturated rings. The second-order valence-corrected chi connectivity index (χ2v) is 3.24. The molecule has 1 saturated heterocycles. The van der Waals surface area contributed by atoms with Crippen molar-refractivity contribution >= 4 is 18.2 Å². The number of carbonyl (C=O) groups excluding carboxylic acids is 3. The van der Waals surface area contributed by atoms with Crippen LogP contribution in [0.1, 0.15) is 26.2 Å². The van der Waals surface area contributed by atoms with E-state index in [1.54, 1.807) is 0 Å². The van der Waals surface area contributed by atoms with Crippen molar-refractivity contribution in [1.82, 2.24) is 10.2 Å². The van der Waals surface area contributed by atoms with E-state index in [4.69, 9.17) is 0 Å². The predicted octanol–water partition coefficient (Wildman–Crippen LogP) is 0.296. The molecule has 0 saturated carbocycles. The summed E-state index contributed by atoms with van der Waals surface area (Å²) in [6.45, 7) is 2.14. The fourth-order valence-electron chi connectivity index (χ4n) is 1.45. The molecule has 0 bridgehead atoms. The number of carbonyl (C=O) groups is 3. The third-order valence-electron chi connectivity index (χ3n) is 2.15. The van der Waals surface area contributed by atoms with Crippen LogP contribution in [-0.4, -0.2) is 35.7 Å². The fraction of sp³-hybridized carbons (Fsp3) is 0.667. The lowest BCUT2D eigenvalue weighted by molar-refractivity contribution is -0.127. The highest BCUT2D eigenvalue weighted by Gasteiger charge is 2.36. The smallest absolute Gasteiger partial charge is 0.324 e. The summed E-state index contributed by atoms with van der Waals surface area (Å²) < 4.78 is 0. The minimum Gasteiger partial charge on any atom is -0.326 e. The highest BCUT2D eigenvalue weighted by molar-refractivity contribution is 6.04. The first-order valence-corrected chi connectivity index (χ1v) is 4.76. The van der Waals surface area contributed by atoms with Gasteiger partial charge >= 0.3 is 6.03 Å². The number of rotatable bonds is 5. The molecule has 0 aromatic heterocycles. The van der Waals surface area contributed by atoms with Crippen LogP contribution >= 0.6 is 0 Å². The molecule has 5 heteroatoms. The van der Waals surface area contributed by atoms with Gasteiger partial charge in [0.15, 0.2) is 0 Å². The van der Waals surface area contributed by atoms with E-state index < -0.39 is 0 Å². The van der Waals surface area contributed by atoms with Crippen LogP contribution in [-0.2, 0) is 9.59 Å². The number of urea groups is 1. The van der Waals surface area contributed by atoms with E-state index >= 15 is 0 Å². The molecule has 1 aliphatic heterocycles. The Kier molecular flexibility index (Phi) is 3.62. The van der Waals surface area contributed by atoms with Crippen molar-refractivity contribution in [2.45, 2.75) is 32.2 Å². The van der Waals surface area contributed by atoms with Crippen LogP contribution in [0.2, 0.25) is 0 Å². The quantitative estimate of drug-likeness (QED) is 0.510. The number of aldehydes is 1. The third-order valence-corrected chi connectivity index (χ3v) is 2.15. The number of nitrogens with one attached hydrogen (secondary N) is 1. The van der Waals surface area contributed by atoms with Crippen molar-refractivity contribution in [3.8, 4) is 0 Å². The molecule has 3 amide bonds. The van der Waals surface area contributed by atoms with Crippen molar-refractivity contribution < 1.29 is 14.4 Å². The second-order valence-electron chi connectivity index (χ2n) is 3.24. The maximum Gasteiger partial charge on any atom is 0.324 e. The first kappa shape index (κ1) is 10.7. The zero-order valence-electron chi connectivity index (χ0n) is 8.16. The minimum absolute atomic E-state index is 0.189. The van der Waals surface area contributed by atoms with Gasteiger partial charge in [0.25, 0.3) is 5.91 Å². The number of hydrogen-bond acceptors (Lipinski definition) is 3. The van der Waals surface area contributed by atoms with Gasteiger partial charge in [-0.1, -0.05) is 13.3 Å². The number of amides is 3. The zero-order chi connectivity index (χ0) is 10.6. The molecule has 5 nitrogen and oxygen atoms in total. The summed E-state index contributed by atoms with van der Waals surface area (Å²) in [6, 6.07) is -0.769. The highest BCUT2D eigenvalue weighted by atomic mass is 16.2. The Morgan fingerprint density at radius 1 is 1.50 bits per heavy atom. The standard InChI is InChI=1S/C9H14N2O3/c1-2-4-7-8(13)11(5-3-6-12)9(14)10-7/h6-7H,2-5H2,1H3,(H,10,14). The Bertz CT molecular complexity index is 252. The van der Waals surface area contributed by atoms with Gasteiger partial charge in [0.05, 0.1) is 0 Å². The van der Waals surface area contributed by atoms with Gasteiger partial charge in [0, 0.05) is 13.0 Å². The fourth-order valence-corrected chi connectivity index (χ4v) is 1.45. The van der Waals surface area contributed by atoms with Gasteiger partial charge in [0.1, 0.15) is 12.3 Å². The molecule has 1 atom stereocenters. The summed E-state index contributed by atoms with van der Waals surface area (Å²) in [5.74, 6) is -0.210. The van der Waals surface area contributed by atoms with Gasteiger partial charge in [0.2, 0.25) is 0 Å². The highest BCUT2D eigenvalue weighted by Crippen LogP contribution is 2.10. The van der Waals surface area contributed by atoms with Crippen LogP contribution in [0, 0.1) is 0 Å². The van der Waals surface area contributed by atoms with Crippen LogP contribution < -0.4 is 5.32 Å². The van der Waals surface area contributed by atoms with E-state index in [1.165, 1.54) is 0 Å². The second kappa shape index (κ2) is 4.74. The molecule has 0 aliphatic carbocycles. The molecule has 78 valence electrons. The Balaban J connectivity index is 2.55. The lowest BCUT2D eigenvalue weighted by Crippen LogP contribution is -2.32. The summed E-state index contributed by atoms with van der Waals surface area (Å²) in [6.07, 6.45) is 2.41. The molecule has 0 aromatic carbocycles. The third kappa shape index (κ3) is 2.10. The molecule has 1 heterocycles. The Labute approximate surface area is 82.4 Å². The van der Waals surface area contributed by atoms with Crippen molar-refractivity contribution in [2.24, 2.45) is 0 Å². The molecule has 1 rings (SSSR count). The topological polar surface area (TPSA) is 66.5 Å². The summed E-state index contributed by atoms with van der Waals surface area (Å²) >= 11 is 0. The molecule has 1 aliphatic rings. The van der Waals surface area contributed by atoms with Crippen LogP contribution in [0.25, 0.3) is 0 Å². The molecular weight excluding hydrogens is 184 g/mol. The number of nitrogens with zero attached hydrogens (tertiary/aromatic N) is 1. The maximum atomic E-state index is 11.5. The summed E-state index contributed by atoms with van der Waals surface area (Å²) in [7, 11) is 0. The number of imide groups is 1. The van der Waals surface area contributed by atoms with E-state index in [1.807, 2.05) is 6.92 Å². The SMILES string of the molecule is CCCC1NC(=O)N(CCC=O)C1=O. The normalized spacial score (nSPS) is 21.2.